The molecule has 1 heterocycles. The van der Waals surface area contributed by atoms with Crippen molar-refractivity contribution in [2.24, 2.45) is 0 Å². The Morgan fingerprint density at radius 1 is 1.14 bits per heavy atom. The summed E-state index contributed by atoms with van der Waals surface area (Å²) in [5.41, 5.74) is 2.74. The van der Waals surface area contributed by atoms with Gasteiger partial charge in [0.2, 0.25) is 0 Å². The number of hydrogen-bond acceptors (Lipinski definition) is 4. The molecule has 2 fully saturated rings. The first-order valence-corrected chi connectivity index (χ1v) is 8.35. The highest BCUT2D eigenvalue weighted by atomic mass is 16.8. The lowest BCUT2D eigenvalue weighted by Crippen LogP contribution is -2.33. The Bertz CT molecular complexity index is 568. The number of rotatable bonds is 2. The van der Waals surface area contributed by atoms with Crippen molar-refractivity contribution in [1.29, 1.82) is 0 Å². The maximum atomic E-state index is 10.2. The van der Waals surface area contributed by atoms with Gasteiger partial charge < -0.3 is 19.3 Å². The molecule has 3 aliphatic rings. The predicted octanol–water partition coefficient (Wildman–Crippen LogP) is 2.60. The predicted molar refractivity (Wildman–Crippen MR) is 81.9 cm³/mol. The van der Waals surface area contributed by atoms with Crippen LogP contribution in [0.5, 0.6) is 5.75 Å². The Labute approximate surface area is 131 Å². The largest absolute Gasteiger partial charge is 0.487 e. The molecule has 1 saturated heterocycles. The van der Waals surface area contributed by atoms with Crippen molar-refractivity contribution >= 4 is 0 Å². The summed E-state index contributed by atoms with van der Waals surface area (Å²) in [5.74, 6) is 0.317. The number of aryl methyl sites for hydroxylation is 1. The standard InChI is InChI=1S/C18H24O4/c1-18(2)21-16-13(19)10-15(17(16)22-18)20-14-9-5-7-11-6-3-4-8-12(11)14/h5,7,9,13,15-17,19H,3-4,6,8,10H2,1-2H3/t13-,15+,16+,17-/m1/s1. The lowest BCUT2D eigenvalue weighted by Gasteiger charge is -2.25. The molecular weight excluding hydrogens is 280 g/mol. The van der Waals surface area contributed by atoms with Crippen LogP contribution in [0.2, 0.25) is 0 Å². The average Bonchev–Trinajstić information content (AvgIpc) is 2.95. The smallest absolute Gasteiger partial charge is 0.164 e. The van der Waals surface area contributed by atoms with Crippen LogP contribution in [-0.2, 0) is 22.3 Å². The van der Waals surface area contributed by atoms with Crippen LogP contribution in [0.4, 0.5) is 0 Å². The molecule has 22 heavy (non-hydrogen) atoms. The fourth-order valence-corrected chi connectivity index (χ4v) is 4.04. The van der Waals surface area contributed by atoms with Crippen molar-refractivity contribution < 1.29 is 19.3 Å². The molecule has 0 aromatic heterocycles. The van der Waals surface area contributed by atoms with Crippen molar-refractivity contribution in [3.05, 3.63) is 29.3 Å². The molecule has 0 spiro atoms. The van der Waals surface area contributed by atoms with E-state index >= 15 is 0 Å². The zero-order valence-corrected chi connectivity index (χ0v) is 13.2. The van der Waals surface area contributed by atoms with Gasteiger partial charge >= 0.3 is 0 Å². The molecule has 1 aliphatic heterocycles. The molecule has 4 heteroatoms. The molecule has 0 unspecified atom stereocenters. The number of ether oxygens (including phenoxy) is 3. The van der Waals surface area contributed by atoms with Crippen LogP contribution in [0.1, 0.15) is 44.2 Å². The Kier molecular flexibility index (Phi) is 3.44. The van der Waals surface area contributed by atoms with E-state index in [9.17, 15) is 5.11 Å². The van der Waals surface area contributed by atoms with Gasteiger partial charge in [-0.15, -0.1) is 0 Å². The lowest BCUT2D eigenvalue weighted by atomic mass is 9.91. The molecule has 4 rings (SSSR count). The Morgan fingerprint density at radius 2 is 1.91 bits per heavy atom. The number of hydrogen-bond donors (Lipinski definition) is 1. The van der Waals surface area contributed by atoms with Gasteiger partial charge in [0.1, 0.15) is 24.1 Å². The van der Waals surface area contributed by atoms with E-state index < -0.39 is 11.9 Å². The molecule has 120 valence electrons. The third-order valence-electron chi connectivity index (χ3n) is 5.01. The van der Waals surface area contributed by atoms with Crippen molar-refractivity contribution in [3.63, 3.8) is 0 Å². The normalized spacial score (nSPS) is 36.0. The summed E-state index contributed by atoms with van der Waals surface area (Å²) in [6, 6.07) is 6.31. The van der Waals surface area contributed by atoms with E-state index in [1.165, 1.54) is 24.0 Å². The minimum atomic E-state index is -0.644. The highest BCUT2D eigenvalue weighted by molar-refractivity contribution is 5.42. The van der Waals surface area contributed by atoms with Crippen LogP contribution in [0.3, 0.4) is 0 Å². The summed E-state index contributed by atoms with van der Waals surface area (Å²) in [5, 5.41) is 10.2. The molecule has 0 radical (unpaired) electrons. The van der Waals surface area contributed by atoms with Gasteiger partial charge in [0.05, 0.1) is 6.10 Å². The summed E-state index contributed by atoms with van der Waals surface area (Å²) in [6.07, 6.45) is 4.13. The van der Waals surface area contributed by atoms with Gasteiger partial charge in [0.15, 0.2) is 5.79 Å². The molecule has 1 saturated carbocycles. The van der Waals surface area contributed by atoms with Crippen molar-refractivity contribution in [2.45, 2.75) is 76.2 Å². The first-order chi connectivity index (χ1) is 10.5. The second-order valence-corrected chi connectivity index (χ2v) is 7.13. The van der Waals surface area contributed by atoms with Crippen molar-refractivity contribution in [3.8, 4) is 5.75 Å². The minimum Gasteiger partial charge on any atom is -0.487 e. The quantitative estimate of drug-likeness (QED) is 0.912. The molecule has 1 aromatic carbocycles. The van der Waals surface area contributed by atoms with Crippen LogP contribution in [0, 0.1) is 0 Å². The maximum absolute atomic E-state index is 10.2. The number of fused-ring (bicyclic) bond motifs is 2. The molecular formula is C18H24O4. The molecule has 4 nitrogen and oxygen atoms in total. The fourth-order valence-electron chi connectivity index (χ4n) is 4.04. The summed E-state index contributed by atoms with van der Waals surface area (Å²) in [7, 11) is 0. The number of benzene rings is 1. The Morgan fingerprint density at radius 3 is 2.77 bits per heavy atom. The van der Waals surface area contributed by atoms with Gasteiger partial charge in [-0.1, -0.05) is 12.1 Å². The van der Waals surface area contributed by atoms with Crippen LogP contribution >= 0.6 is 0 Å². The van der Waals surface area contributed by atoms with Crippen molar-refractivity contribution in [1.82, 2.24) is 0 Å². The SMILES string of the molecule is CC1(C)O[C@@H]2[C@H](O1)[C@@H](Oc1cccc3c1CCCC3)C[C@H]2O. The van der Waals surface area contributed by atoms with Gasteiger partial charge in [0.25, 0.3) is 0 Å². The van der Waals surface area contributed by atoms with Gasteiger partial charge in [-0.2, -0.15) is 0 Å². The van der Waals surface area contributed by atoms with E-state index in [1.807, 2.05) is 19.9 Å². The zero-order chi connectivity index (χ0) is 15.3. The number of aliphatic hydroxyl groups excluding tert-OH is 1. The number of aliphatic hydroxyl groups is 1. The minimum absolute atomic E-state index is 0.143. The summed E-state index contributed by atoms with van der Waals surface area (Å²) in [6.45, 7) is 3.78. The van der Waals surface area contributed by atoms with Crippen LogP contribution in [0.15, 0.2) is 18.2 Å². The van der Waals surface area contributed by atoms with E-state index in [0.29, 0.717) is 6.42 Å². The first-order valence-electron chi connectivity index (χ1n) is 8.35. The van der Waals surface area contributed by atoms with Gasteiger partial charge in [-0.05, 0) is 56.7 Å². The fraction of sp³-hybridized carbons (Fsp3) is 0.667. The van der Waals surface area contributed by atoms with Crippen LogP contribution < -0.4 is 4.74 Å². The maximum Gasteiger partial charge on any atom is 0.164 e. The van der Waals surface area contributed by atoms with Crippen LogP contribution in [0.25, 0.3) is 0 Å². The van der Waals surface area contributed by atoms with Crippen LogP contribution in [-0.4, -0.2) is 35.3 Å². The van der Waals surface area contributed by atoms with Gasteiger partial charge in [-0.3, -0.25) is 0 Å². The highest BCUT2D eigenvalue weighted by Gasteiger charge is 2.54. The van der Waals surface area contributed by atoms with Gasteiger partial charge in [-0.25, -0.2) is 0 Å². The van der Waals surface area contributed by atoms with E-state index in [-0.39, 0.29) is 18.3 Å². The van der Waals surface area contributed by atoms with Crippen molar-refractivity contribution in [2.75, 3.05) is 0 Å². The monoisotopic (exact) mass is 304 g/mol. The van der Waals surface area contributed by atoms with E-state index in [0.717, 1.165) is 18.6 Å². The Balaban J connectivity index is 1.57. The highest BCUT2D eigenvalue weighted by Crippen LogP contribution is 2.41. The molecule has 1 N–H and O–H groups in total. The third-order valence-corrected chi connectivity index (χ3v) is 5.01. The van der Waals surface area contributed by atoms with E-state index in [4.69, 9.17) is 14.2 Å². The summed E-state index contributed by atoms with van der Waals surface area (Å²) < 4.78 is 18.1. The second kappa shape index (κ2) is 5.22. The van der Waals surface area contributed by atoms with E-state index in [1.54, 1.807) is 0 Å². The van der Waals surface area contributed by atoms with E-state index in [2.05, 4.69) is 12.1 Å². The first kappa shape index (κ1) is 14.5. The summed E-state index contributed by atoms with van der Waals surface area (Å²) >= 11 is 0. The Hall–Kier alpha value is -1.10. The molecule has 0 bridgehead atoms. The third kappa shape index (κ3) is 2.43. The second-order valence-electron chi connectivity index (χ2n) is 7.13. The molecule has 0 amide bonds. The molecule has 4 atom stereocenters. The topological polar surface area (TPSA) is 47.9 Å². The summed E-state index contributed by atoms with van der Waals surface area (Å²) in [4.78, 5) is 0. The van der Waals surface area contributed by atoms with Gasteiger partial charge in [0, 0.05) is 6.42 Å². The molecule has 1 aromatic rings. The lowest BCUT2D eigenvalue weighted by molar-refractivity contribution is -0.170. The molecule has 2 aliphatic carbocycles. The zero-order valence-electron chi connectivity index (χ0n) is 13.2. The average molecular weight is 304 g/mol.